The van der Waals surface area contributed by atoms with Gasteiger partial charge in [0.05, 0.1) is 13.7 Å². The number of rotatable bonds is 3. The fourth-order valence-electron chi connectivity index (χ4n) is 2.41. The molecule has 0 spiro atoms. The van der Waals surface area contributed by atoms with Crippen LogP contribution >= 0.6 is 0 Å². The smallest absolute Gasteiger partial charge is 0.491 e. The Hall–Kier alpha value is -1.82. The lowest BCUT2D eigenvalue weighted by Crippen LogP contribution is -2.28. The van der Waals surface area contributed by atoms with Gasteiger partial charge in [-0.1, -0.05) is 30.3 Å². The molecule has 1 unspecified atom stereocenters. The monoisotopic (exact) mass is 270 g/mol. The van der Waals surface area contributed by atoms with E-state index in [4.69, 9.17) is 9.39 Å². The minimum absolute atomic E-state index is 0.409. The molecule has 0 fully saturated rings. The van der Waals surface area contributed by atoms with E-state index in [2.05, 4.69) is 0 Å². The van der Waals surface area contributed by atoms with Crippen molar-refractivity contribution in [2.45, 2.75) is 12.7 Å². The largest absolute Gasteiger partial charge is 0.497 e. The minimum atomic E-state index is -0.901. The predicted octanol–water partition coefficient (Wildman–Crippen LogP) is 0.995. The average Bonchev–Trinajstić information content (AvgIpc) is 2.87. The van der Waals surface area contributed by atoms with E-state index < -0.39 is 13.2 Å². The summed E-state index contributed by atoms with van der Waals surface area (Å²) < 4.78 is 10.3. The number of hydrogen-bond donors (Lipinski definition) is 2. The molecule has 102 valence electrons. The molecule has 4 nitrogen and oxygen atoms in total. The second-order valence-corrected chi connectivity index (χ2v) is 4.80. The number of fused-ring (bicyclic) bond motifs is 1. The van der Waals surface area contributed by atoms with E-state index in [-0.39, 0.29) is 0 Å². The van der Waals surface area contributed by atoms with E-state index in [0.717, 1.165) is 22.2 Å². The standard InChI is InChI=1S/C15H15BO4/c1-19-13-4-2-3-10(7-13)15(17)11-5-6-12-9-20-16(18)14(12)8-11/h2-8,15,17-18H,9H2,1H3. The molecule has 1 aliphatic heterocycles. The maximum absolute atomic E-state index is 10.5. The molecule has 1 atom stereocenters. The summed E-state index contributed by atoms with van der Waals surface area (Å²) >= 11 is 0. The zero-order chi connectivity index (χ0) is 14.1. The molecule has 1 aliphatic rings. The third-order valence-corrected chi connectivity index (χ3v) is 3.56. The van der Waals surface area contributed by atoms with E-state index in [0.29, 0.717) is 12.4 Å². The van der Waals surface area contributed by atoms with Crippen molar-refractivity contribution >= 4 is 12.6 Å². The van der Waals surface area contributed by atoms with Crippen molar-refractivity contribution in [3.05, 3.63) is 59.2 Å². The van der Waals surface area contributed by atoms with E-state index >= 15 is 0 Å². The van der Waals surface area contributed by atoms with Gasteiger partial charge in [0.15, 0.2) is 0 Å². The summed E-state index contributed by atoms with van der Waals surface area (Å²) in [7, 11) is 0.691. The summed E-state index contributed by atoms with van der Waals surface area (Å²) in [6, 6.07) is 12.8. The molecule has 0 amide bonds. The zero-order valence-corrected chi connectivity index (χ0v) is 11.1. The Kier molecular flexibility index (Phi) is 3.48. The van der Waals surface area contributed by atoms with Crippen molar-refractivity contribution in [2.75, 3.05) is 7.11 Å². The third kappa shape index (κ3) is 2.31. The topological polar surface area (TPSA) is 58.9 Å². The Morgan fingerprint density at radius 2 is 2.00 bits per heavy atom. The van der Waals surface area contributed by atoms with E-state index in [1.807, 2.05) is 30.3 Å². The quantitative estimate of drug-likeness (QED) is 0.817. The van der Waals surface area contributed by atoms with Crippen LogP contribution in [0, 0.1) is 0 Å². The summed E-state index contributed by atoms with van der Waals surface area (Å²) in [6.45, 7) is 0.409. The van der Waals surface area contributed by atoms with Crippen LogP contribution < -0.4 is 10.2 Å². The predicted molar refractivity (Wildman–Crippen MR) is 75.9 cm³/mol. The highest BCUT2D eigenvalue weighted by atomic mass is 16.5. The fourth-order valence-corrected chi connectivity index (χ4v) is 2.41. The van der Waals surface area contributed by atoms with Crippen LogP contribution in [0.2, 0.25) is 0 Å². The number of benzene rings is 2. The van der Waals surface area contributed by atoms with Gasteiger partial charge in [-0.15, -0.1) is 0 Å². The highest BCUT2D eigenvalue weighted by Gasteiger charge is 2.28. The van der Waals surface area contributed by atoms with Gasteiger partial charge < -0.3 is 19.5 Å². The summed E-state index contributed by atoms with van der Waals surface area (Å²) in [5.74, 6) is 0.700. The van der Waals surface area contributed by atoms with Gasteiger partial charge in [-0.25, -0.2) is 0 Å². The number of methoxy groups -OCH3 is 1. The maximum atomic E-state index is 10.5. The lowest BCUT2D eigenvalue weighted by molar-refractivity contribution is 0.220. The van der Waals surface area contributed by atoms with Crippen molar-refractivity contribution in [1.82, 2.24) is 0 Å². The van der Waals surface area contributed by atoms with Crippen LogP contribution in [-0.4, -0.2) is 24.4 Å². The Morgan fingerprint density at radius 3 is 2.80 bits per heavy atom. The van der Waals surface area contributed by atoms with Gasteiger partial charge in [0, 0.05) is 0 Å². The zero-order valence-electron chi connectivity index (χ0n) is 11.1. The first-order chi connectivity index (χ1) is 9.69. The summed E-state index contributed by atoms with van der Waals surface area (Å²) in [5, 5.41) is 20.2. The molecule has 0 aliphatic carbocycles. The van der Waals surface area contributed by atoms with Crippen LogP contribution in [0.3, 0.4) is 0 Å². The van der Waals surface area contributed by atoms with Gasteiger partial charge in [-0.3, -0.25) is 0 Å². The summed E-state index contributed by atoms with van der Waals surface area (Å²) in [5.41, 5.74) is 3.16. The molecule has 0 aromatic heterocycles. The summed E-state index contributed by atoms with van der Waals surface area (Å²) in [4.78, 5) is 0. The van der Waals surface area contributed by atoms with Gasteiger partial charge in [-0.2, -0.15) is 0 Å². The number of ether oxygens (including phenoxy) is 1. The third-order valence-electron chi connectivity index (χ3n) is 3.56. The normalized spacial score (nSPS) is 15.1. The Morgan fingerprint density at radius 1 is 1.20 bits per heavy atom. The van der Waals surface area contributed by atoms with Crippen molar-refractivity contribution in [2.24, 2.45) is 0 Å². The molecule has 2 aromatic carbocycles. The van der Waals surface area contributed by atoms with Crippen molar-refractivity contribution in [3.8, 4) is 5.75 Å². The van der Waals surface area contributed by atoms with Gasteiger partial charge in [0.25, 0.3) is 0 Å². The lowest BCUT2D eigenvalue weighted by Gasteiger charge is -2.14. The number of aliphatic hydroxyl groups excluding tert-OH is 1. The first kappa shape index (κ1) is 13.2. The molecule has 0 saturated carbocycles. The van der Waals surface area contributed by atoms with E-state index in [9.17, 15) is 10.1 Å². The Balaban J connectivity index is 1.94. The van der Waals surface area contributed by atoms with Crippen LogP contribution in [0.25, 0.3) is 0 Å². The lowest BCUT2D eigenvalue weighted by atomic mass is 9.78. The molecule has 2 aromatic rings. The highest BCUT2D eigenvalue weighted by Crippen LogP contribution is 2.25. The van der Waals surface area contributed by atoms with Crippen LogP contribution in [0.5, 0.6) is 5.75 Å². The second kappa shape index (κ2) is 5.29. The molecule has 20 heavy (non-hydrogen) atoms. The fraction of sp³-hybridized carbons (Fsp3) is 0.200. The molecule has 0 radical (unpaired) electrons. The molecular weight excluding hydrogens is 255 g/mol. The van der Waals surface area contributed by atoms with Crippen LogP contribution in [0.4, 0.5) is 0 Å². The van der Waals surface area contributed by atoms with Crippen molar-refractivity contribution < 1.29 is 19.5 Å². The van der Waals surface area contributed by atoms with Gasteiger partial charge in [0.2, 0.25) is 0 Å². The molecule has 1 heterocycles. The molecule has 3 rings (SSSR count). The summed E-state index contributed by atoms with van der Waals surface area (Å²) in [6.07, 6.45) is -0.761. The molecule has 2 N–H and O–H groups in total. The van der Waals surface area contributed by atoms with Crippen molar-refractivity contribution in [3.63, 3.8) is 0 Å². The van der Waals surface area contributed by atoms with Crippen LogP contribution in [0.15, 0.2) is 42.5 Å². The minimum Gasteiger partial charge on any atom is -0.497 e. The molecular formula is C15H15BO4. The maximum Gasteiger partial charge on any atom is 0.491 e. The number of aliphatic hydroxyl groups is 1. The first-order valence-electron chi connectivity index (χ1n) is 6.43. The van der Waals surface area contributed by atoms with Crippen LogP contribution in [0.1, 0.15) is 22.8 Å². The first-order valence-corrected chi connectivity index (χ1v) is 6.43. The van der Waals surface area contributed by atoms with Gasteiger partial charge in [0.1, 0.15) is 11.9 Å². The molecule has 0 saturated heterocycles. The van der Waals surface area contributed by atoms with E-state index in [1.54, 1.807) is 19.2 Å². The van der Waals surface area contributed by atoms with E-state index in [1.165, 1.54) is 0 Å². The molecule has 5 heteroatoms. The van der Waals surface area contributed by atoms with Crippen molar-refractivity contribution in [1.29, 1.82) is 0 Å². The highest BCUT2D eigenvalue weighted by molar-refractivity contribution is 6.61. The second-order valence-electron chi connectivity index (χ2n) is 4.80. The van der Waals surface area contributed by atoms with Crippen LogP contribution in [-0.2, 0) is 11.3 Å². The SMILES string of the molecule is COc1cccc(C(O)c2ccc3c(c2)B(O)OC3)c1. The Labute approximate surface area is 117 Å². The molecule has 0 bridgehead atoms. The number of hydrogen-bond acceptors (Lipinski definition) is 4. The Bertz CT molecular complexity index is 629. The van der Waals surface area contributed by atoms with Gasteiger partial charge in [-0.05, 0) is 34.3 Å². The average molecular weight is 270 g/mol. The van der Waals surface area contributed by atoms with Gasteiger partial charge >= 0.3 is 7.12 Å².